The fourth-order valence-electron chi connectivity index (χ4n) is 1.88. The number of benzene rings is 1. The molecule has 0 amide bonds. The third kappa shape index (κ3) is 5.28. The van der Waals surface area contributed by atoms with E-state index in [4.69, 9.17) is 21.1 Å². The van der Waals surface area contributed by atoms with Crippen LogP contribution in [-0.4, -0.2) is 25.9 Å². The number of rotatable bonds is 7. The van der Waals surface area contributed by atoms with Crippen molar-refractivity contribution in [3.63, 3.8) is 0 Å². The van der Waals surface area contributed by atoms with Gasteiger partial charge in [-0.25, -0.2) is 0 Å². The van der Waals surface area contributed by atoms with Crippen molar-refractivity contribution in [3.05, 3.63) is 22.7 Å². The van der Waals surface area contributed by atoms with Gasteiger partial charge in [-0.3, -0.25) is 0 Å². The molecule has 0 saturated heterocycles. The summed E-state index contributed by atoms with van der Waals surface area (Å²) in [6.45, 7) is 0.0425. The molecule has 1 aromatic rings. The minimum atomic E-state index is -4.24. The lowest BCUT2D eigenvalue weighted by Gasteiger charge is -2.17. The average Bonchev–Trinajstić information content (AvgIpc) is 3.20. The van der Waals surface area contributed by atoms with Gasteiger partial charge in [-0.1, -0.05) is 11.6 Å². The molecule has 1 aromatic carbocycles. The van der Waals surface area contributed by atoms with Crippen LogP contribution in [0.3, 0.4) is 0 Å². The zero-order valence-corrected chi connectivity index (χ0v) is 12.4. The van der Waals surface area contributed by atoms with Crippen LogP contribution < -0.4 is 14.8 Å². The first-order chi connectivity index (χ1) is 9.89. The molecule has 1 saturated carbocycles. The van der Waals surface area contributed by atoms with E-state index in [0.717, 1.165) is 12.8 Å². The fourth-order valence-corrected chi connectivity index (χ4v) is 2.11. The zero-order chi connectivity index (χ0) is 15.5. The summed E-state index contributed by atoms with van der Waals surface area (Å²) in [6.07, 6.45) is -3.02. The van der Waals surface area contributed by atoms with Gasteiger partial charge in [0.05, 0.1) is 20.1 Å². The minimum absolute atomic E-state index is 0.319. The van der Waals surface area contributed by atoms with Crippen molar-refractivity contribution in [2.45, 2.75) is 38.0 Å². The Bertz CT molecular complexity index is 490. The molecule has 1 fully saturated rings. The molecule has 3 nitrogen and oxygen atoms in total. The van der Waals surface area contributed by atoms with Gasteiger partial charge in [0.2, 0.25) is 0 Å². The average molecular weight is 324 g/mol. The Labute approximate surface area is 126 Å². The van der Waals surface area contributed by atoms with Gasteiger partial charge in [0.1, 0.15) is 0 Å². The highest BCUT2D eigenvalue weighted by Crippen LogP contribution is 2.36. The van der Waals surface area contributed by atoms with Crippen molar-refractivity contribution in [2.75, 3.05) is 13.7 Å². The van der Waals surface area contributed by atoms with E-state index in [1.807, 2.05) is 0 Å². The lowest BCUT2D eigenvalue weighted by Crippen LogP contribution is -2.18. The number of methoxy groups -OCH3 is 1. The zero-order valence-electron chi connectivity index (χ0n) is 11.6. The van der Waals surface area contributed by atoms with Crippen molar-refractivity contribution >= 4 is 11.6 Å². The van der Waals surface area contributed by atoms with Crippen LogP contribution in [0.15, 0.2) is 12.1 Å². The molecule has 0 heterocycles. The molecule has 0 bridgehead atoms. The molecule has 1 aliphatic carbocycles. The minimum Gasteiger partial charge on any atom is -0.493 e. The van der Waals surface area contributed by atoms with Crippen LogP contribution in [0.1, 0.15) is 24.8 Å². The maximum absolute atomic E-state index is 12.2. The van der Waals surface area contributed by atoms with Crippen LogP contribution in [0.5, 0.6) is 11.5 Å². The maximum Gasteiger partial charge on any atom is 0.392 e. The fraction of sp³-hybridized carbons (Fsp3) is 0.571. The number of alkyl halides is 3. The molecule has 21 heavy (non-hydrogen) atoms. The van der Waals surface area contributed by atoms with Gasteiger partial charge in [-0.05, 0) is 18.9 Å². The van der Waals surface area contributed by atoms with Gasteiger partial charge in [0, 0.05) is 29.2 Å². The standard InChI is InChI=1S/C14H17ClF3NO2/c1-20-12-7-10(15)6-9(8-19-11-2-3-11)13(12)21-5-4-14(16,17)18/h6-7,11,19H,2-5,8H2,1H3. The first-order valence-electron chi connectivity index (χ1n) is 6.68. The lowest BCUT2D eigenvalue weighted by atomic mass is 10.1. The molecule has 0 radical (unpaired) electrons. The van der Waals surface area contributed by atoms with Crippen LogP contribution in [0.4, 0.5) is 13.2 Å². The van der Waals surface area contributed by atoms with Crippen LogP contribution in [-0.2, 0) is 6.54 Å². The Morgan fingerprint density at radius 1 is 1.33 bits per heavy atom. The Kier molecular flexibility index (Phi) is 5.22. The first kappa shape index (κ1) is 16.2. The highest BCUT2D eigenvalue weighted by molar-refractivity contribution is 6.30. The van der Waals surface area contributed by atoms with Gasteiger partial charge in [0.25, 0.3) is 0 Å². The lowest BCUT2D eigenvalue weighted by molar-refractivity contribution is -0.139. The summed E-state index contributed by atoms with van der Waals surface area (Å²) in [6, 6.07) is 3.69. The molecular weight excluding hydrogens is 307 g/mol. The monoisotopic (exact) mass is 323 g/mol. The highest BCUT2D eigenvalue weighted by Gasteiger charge is 2.27. The van der Waals surface area contributed by atoms with E-state index in [9.17, 15) is 13.2 Å². The largest absolute Gasteiger partial charge is 0.493 e. The summed E-state index contributed by atoms with van der Waals surface area (Å²) in [5.41, 5.74) is 0.702. The number of halogens is 4. The molecule has 0 aliphatic heterocycles. The molecule has 7 heteroatoms. The van der Waals surface area contributed by atoms with E-state index in [0.29, 0.717) is 34.7 Å². The topological polar surface area (TPSA) is 30.5 Å². The molecule has 0 spiro atoms. The van der Waals surface area contributed by atoms with Crippen LogP contribution >= 0.6 is 11.6 Å². The first-order valence-corrected chi connectivity index (χ1v) is 7.06. The van der Waals surface area contributed by atoms with Crippen molar-refractivity contribution in [1.29, 1.82) is 0 Å². The van der Waals surface area contributed by atoms with E-state index in [1.165, 1.54) is 13.2 Å². The van der Waals surface area contributed by atoms with E-state index < -0.39 is 19.2 Å². The normalized spacial score (nSPS) is 15.1. The number of hydrogen-bond acceptors (Lipinski definition) is 3. The summed E-state index contributed by atoms with van der Waals surface area (Å²) in [7, 11) is 1.43. The Balaban J connectivity index is 2.09. The number of nitrogens with one attached hydrogen (secondary N) is 1. The summed E-state index contributed by atoms with van der Waals surface area (Å²) in [5, 5.41) is 3.74. The quantitative estimate of drug-likeness (QED) is 0.824. The molecule has 0 unspecified atom stereocenters. The summed E-state index contributed by atoms with van der Waals surface area (Å²) >= 11 is 5.99. The molecular formula is C14H17ClF3NO2. The van der Waals surface area contributed by atoms with Gasteiger partial charge >= 0.3 is 6.18 Å². The van der Waals surface area contributed by atoms with Gasteiger partial charge in [0.15, 0.2) is 11.5 Å². The molecule has 118 valence electrons. The Morgan fingerprint density at radius 3 is 2.62 bits per heavy atom. The second-order valence-corrected chi connectivity index (χ2v) is 5.40. The van der Waals surface area contributed by atoms with Crippen molar-refractivity contribution in [3.8, 4) is 11.5 Å². The second kappa shape index (κ2) is 6.75. The summed E-state index contributed by atoms with van der Waals surface area (Å²) in [5.74, 6) is 0.663. The van der Waals surface area contributed by atoms with Crippen LogP contribution in [0, 0.1) is 0 Å². The van der Waals surface area contributed by atoms with Gasteiger partial charge in [-0.15, -0.1) is 0 Å². The predicted octanol–water partition coefficient (Wildman–Crippen LogP) is 3.93. The van der Waals surface area contributed by atoms with Gasteiger partial charge in [-0.2, -0.15) is 13.2 Å². The van der Waals surface area contributed by atoms with E-state index in [1.54, 1.807) is 6.07 Å². The van der Waals surface area contributed by atoms with Crippen molar-refractivity contribution < 1.29 is 22.6 Å². The Hall–Kier alpha value is -1.14. The Morgan fingerprint density at radius 2 is 2.05 bits per heavy atom. The summed E-state index contributed by atoms with van der Waals surface area (Å²) < 4.78 is 47.1. The molecule has 1 aliphatic rings. The number of hydrogen-bond donors (Lipinski definition) is 1. The SMILES string of the molecule is COc1cc(Cl)cc(CNC2CC2)c1OCCC(F)(F)F. The maximum atomic E-state index is 12.2. The van der Waals surface area contributed by atoms with E-state index in [-0.39, 0.29) is 0 Å². The highest BCUT2D eigenvalue weighted by atomic mass is 35.5. The number of ether oxygens (including phenoxy) is 2. The smallest absolute Gasteiger partial charge is 0.392 e. The third-order valence-electron chi connectivity index (χ3n) is 3.11. The van der Waals surface area contributed by atoms with Crippen LogP contribution in [0.25, 0.3) is 0 Å². The molecule has 2 rings (SSSR count). The third-order valence-corrected chi connectivity index (χ3v) is 3.33. The summed E-state index contributed by atoms with van der Waals surface area (Å²) in [4.78, 5) is 0. The van der Waals surface area contributed by atoms with Crippen molar-refractivity contribution in [1.82, 2.24) is 5.32 Å². The second-order valence-electron chi connectivity index (χ2n) is 4.97. The van der Waals surface area contributed by atoms with E-state index >= 15 is 0 Å². The van der Waals surface area contributed by atoms with Gasteiger partial charge < -0.3 is 14.8 Å². The molecule has 1 N–H and O–H groups in total. The predicted molar refractivity (Wildman–Crippen MR) is 74.0 cm³/mol. The molecule has 0 atom stereocenters. The van der Waals surface area contributed by atoms with E-state index in [2.05, 4.69) is 5.32 Å². The molecule has 0 aromatic heterocycles. The van der Waals surface area contributed by atoms with Crippen molar-refractivity contribution in [2.24, 2.45) is 0 Å². The van der Waals surface area contributed by atoms with Crippen LogP contribution in [0.2, 0.25) is 5.02 Å².